The normalized spacial score (nSPS) is 16.7. The maximum absolute atomic E-state index is 13.0. The second-order valence-electron chi connectivity index (χ2n) is 6.34. The van der Waals surface area contributed by atoms with Crippen LogP contribution in [0.3, 0.4) is 0 Å². The number of hydrogen-bond acceptors (Lipinski definition) is 3. The van der Waals surface area contributed by atoms with Crippen LogP contribution in [-0.4, -0.2) is 35.0 Å². The molecule has 130 valence electrons. The van der Waals surface area contributed by atoms with Crippen molar-refractivity contribution in [3.05, 3.63) is 65.2 Å². The highest BCUT2D eigenvalue weighted by atomic mass is 16.4. The van der Waals surface area contributed by atoms with E-state index in [9.17, 15) is 9.59 Å². The Balaban J connectivity index is 1.81. The van der Waals surface area contributed by atoms with Crippen molar-refractivity contribution >= 4 is 17.6 Å². The Kier molecular flexibility index (Phi) is 5.03. The number of nitrogens with zero attached hydrogens (tertiary/aromatic N) is 1. The van der Waals surface area contributed by atoms with Gasteiger partial charge in [-0.1, -0.05) is 30.3 Å². The molecule has 5 heteroatoms. The Bertz CT molecular complexity index is 788. The number of nitrogens with one attached hydrogen (secondary N) is 1. The number of rotatable bonds is 5. The van der Waals surface area contributed by atoms with Crippen LogP contribution in [0.25, 0.3) is 0 Å². The molecular formula is C20H22N2O3. The zero-order chi connectivity index (χ0) is 17.8. The third-order valence-corrected chi connectivity index (χ3v) is 4.61. The van der Waals surface area contributed by atoms with Gasteiger partial charge in [0.2, 0.25) is 0 Å². The maximum Gasteiger partial charge on any atom is 0.322 e. The van der Waals surface area contributed by atoms with Crippen molar-refractivity contribution in [3.8, 4) is 0 Å². The topological polar surface area (TPSA) is 69.6 Å². The molecule has 1 aliphatic rings. The van der Waals surface area contributed by atoms with E-state index in [1.807, 2.05) is 17.0 Å². The predicted octanol–water partition coefficient (Wildman–Crippen LogP) is 3.47. The van der Waals surface area contributed by atoms with Gasteiger partial charge in [0.1, 0.15) is 6.54 Å². The number of carbonyl (C=O) groups is 2. The molecule has 1 saturated heterocycles. The quantitative estimate of drug-likeness (QED) is 0.876. The van der Waals surface area contributed by atoms with Gasteiger partial charge in [0, 0.05) is 17.8 Å². The molecule has 0 aromatic heterocycles. The van der Waals surface area contributed by atoms with Crippen LogP contribution < -0.4 is 5.32 Å². The lowest BCUT2D eigenvalue weighted by atomic mass is 9.99. The van der Waals surface area contributed by atoms with Crippen molar-refractivity contribution in [2.75, 3.05) is 18.4 Å². The number of carboxylic acids is 1. The lowest BCUT2D eigenvalue weighted by Gasteiger charge is -2.26. The Morgan fingerprint density at radius 3 is 2.76 bits per heavy atom. The highest BCUT2D eigenvalue weighted by Gasteiger charge is 2.31. The first-order valence-corrected chi connectivity index (χ1v) is 8.48. The largest absolute Gasteiger partial charge is 0.480 e. The van der Waals surface area contributed by atoms with E-state index in [-0.39, 0.29) is 18.5 Å². The summed E-state index contributed by atoms with van der Waals surface area (Å²) in [5, 5.41) is 11.6. The van der Waals surface area contributed by atoms with E-state index in [0.717, 1.165) is 19.4 Å². The molecule has 0 radical (unpaired) electrons. The second-order valence-corrected chi connectivity index (χ2v) is 6.34. The first-order chi connectivity index (χ1) is 12.1. The Labute approximate surface area is 147 Å². The summed E-state index contributed by atoms with van der Waals surface area (Å²) in [5.74, 6) is -0.944. The van der Waals surface area contributed by atoms with E-state index >= 15 is 0 Å². The van der Waals surface area contributed by atoms with Crippen LogP contribution in [0.4, 0.5) is 5.69 Å². The zero-order valence-corrected chi connectivity index (χ0v) is 14.2. The molecule has 1 aliphatic heterocycles. The first-order valence-electron chi connectivity index (χ1n) is 8.48. The Morgan fingerprint density at radius 2 is 2.00 bits per heavy atom. The summed E-state index contributed by atoms with van der Waals surface area (Å²) in [5.41, 5.74) is 3.62. The third-order valence-electron chi connectivity index (χ3n) is 4.61. The van der Waals surface area contributed by atoms with Crippen molar-refractivity contribution in [2.24, 2.45) is 0 Å². The van der Waals surface area contributed by atoms with Crippen LogP contribution in [0.2, 0.25) is 0 Å². The molecule has 0 spiro atoms. The molecule has 0 aliphatic carbocycles. The van der Waals surface area contributed by atoms with E-state index < -0.39 is 5.97 Å². The number of amides is 1. The summed E-state index contributed by atoms with van der Waals surface area (Å²) in [6.45, 7) is 2.64. The fraction of sp³-hybridized carbons (Fsp3) is 0.300. The molecule has 2 N–H and O–H groups in total. The highest BCUT2D eigenvalue weighted by molar-refractivity contribution is 5.95. The number of aliphatic carboxylic acids is 1. The smallest absolute Gasteiger partial charge is 0.322 e. The van der Waals surface area contributed by atoms with Crippen LogP contribution in [0.15, 0.2) is 48.5 Å². The number of benzene rings is 2. The second kappa shape index (κ2) is 7.38. The fourth-order valence-corrected chi connectivity index (χ4v) is 3.40. The van der Waals surface area contributed by atoms with E-state index in [2.05, 4.69) is 24.4 Å². The minimum Gasteiger partial charge on any atom is -0.480 e. The fourth-order valence-electron chi connectivity index (χ4n) is 3.40. The lowest BCUT2D eigenvalue weighted by Crippen LogP contribution is -2.31. The average molecular weight is 338 g/mol. The van der Waals surface area contributed by atoms with Crippen molar-refractivity contribution in [2.45, 2.75) is 25.8 Å². The van der Waals surface area contributed by atoms with Gasteiger partial charge in [-0.25, -0.2) is 0 Å². The van der Waals surface area contributed by atoms with Gasteiger partial charge in [-0.15, -0.1) is 0 Å². The van der Waals surface area contributed by atoms with Gasteiger partial charge < -0.3 is 15.3 Å². The van der Waals surface area contributed by atoms with Crippen molar-refractivity contribution in [3.63, 3.8) is 0 Å². The molecule has 1 atom stereocenters. The Hall–Kier alpha value is -2.82. The van der Waals surface area contributed by atoms with Crippen LogP contribution >= 0.6 is 0 Å². The van der Waals surface area contributed by atoms with Crippen molar-refractivity contribution in [1.29, 1.82) is 0 Å². The maximum atomic E-state index is 13.0. The molecule has 5 nitrogen and oxygen atoms in total. The van der Waals surface area contributed by atoms with Gasteiger partial charge in [-0.05, 0) is 49.1 Å². The van der Waals surface area contributed by atoms with Gasteiger partial charge in [0.15, 0.2) is 0 Å². The molecule has 0 saturated carbocycles. The lowest BCUT2D eigenvalue weighted by molar-refractivity contribution is -0.134. The van der Waals surface area contributed by atoms with E-state index in [1.54, 1.807) is 24.3 Å². The molecule has 1 unspecified atom stereocenters. The Morgan fingerprint density at radius 1 is 1.20 bits per heavy atom. The highest BCUT2D eigenvalue weighted by Crippen LogP contribution is 2.34. The van der Waals surface area contributed by atoms with Gasteiger partial charge in [-0.2, -0.15) is 0 Å². The summed E-state index contributed by atoms with van der Waals surface area (Å²) in [6.07, 6.45) is 1.95. The molecule has 1 heterocycles. The summed E-state index contributed by atoms with van der Waals surface area (Å²) < 4.78 is 0. The van der Waals surface area contributed by atoms with Crippen LogP contribution in [0, 0.1) is 6.92 Å². The zero-order valence-electron chi connectivity index (χ0n) is 14.2. The van der Waals surface area contributed by atoms with Crippen molar-refractivity contribution < 1.29 is 14.7 Å². The summed E-state index contributed by atoms with van der Waals surface area (Å²) in [6, 6.07) is 15.3. The minimum absolute atomic E-state index is 0.00951. The van der Waals surface area contributed by atoms with E-state index in [1.165, 1.54) is 11.1 Å². The van der Waals surface area contributed by atoms with Gasteiger partial charge in [-0.3, -0.25) is 9.59 Å². The SMILES string of the molecule is Cc1ccccc1C1CCCN1C(=O)c1cccc(NCC(=O)O)c1. The van der Waals surface area contributed by atoms with Gasteiger partial charge in [0.25, 0.3) is 5.91 Å². The molecule has 25 heavy (non-hydrogen) atoms. The summed E-state index contributed by atoms with van der Waals surface area (Å²) in [4.78, 5) is 25.6. The first kappa shape index (κ1) is 17.0. The molecule has 0 bridgehead atoms. The van der Waals surface area contributed by atoms with Crippen molar-refractivity contribution in [1.82, 2.24) is 4.90 Å². The predicted molar refractivity (Wildman–Crippen MR) is 96.8 cm³/mol. The monoisotopic (exact) mass is 338 g/mol. The number of anilines is 1. The summed E-state index contributed by atoms with van der Waals surface area (Å²) in [7, 11) is 0. The summed E-state index contributed by atoms with van der Waals surface area (Å²) >= 11 is 0. The minimum atomic E-state index is -0.934. The average Bonchev–Trinajstić information content (AvgIpc) is 3.09. The van der Waals surface area contributed by atoms with Crippen LogP contribution in [0.1, 0.15) is 40.4 Å². The van der Waals surface area contributed by atoms with Gasteiger partial charge in [0.05, 0.1) is 6.04 Å². The van der Waals surface area contributed by atoms with E-state index in [4.69, 9.17) is 5.11 Å². The molecule has 3 rings (SSSR count). The van der Waals surface area contributed by atoms with E-state index in [0.29, 0.717) is 11.3 Å². The number of hydrogen-bond donors (Lipinski definition) is 2. The molecular weight excluding hydrogens is 316 g/mol. The number of aryl methyl sites for hydroxylation is 1. The van der Waals surface area contributed by atoms with Crippen LogP contribution in [0.5, 0.6) is 0 Å². The number of carboxylic acid groups (broad SMARTS) is 1. The number of likely N-dealkylation sites (tertiary alicyclic amines) is 1. The van der Waals surface area contributed by atoms with Crippen LogP contribution in [-0.2, 0) is 4.79 Å². The third kappa shape index (κ3) is 3.82. The molecule has 1 amide bonds. The molecule has 2 aromatic carbocycles. The molecule has 1 fully saturated rings. The van der Waals surface area contributed by atoms with Gasteiger partial charge >= 0.3 is 5.97 Å². The molecule has 2 aromatic rings. The number of carbonyl (C=O) groups excluding carboxylic acids is 1. The standard InChI is InChI=1S/C20H22N2O3/c1-14-6-2-3-9-17(14)18-10-5-11-22(18)20(25)15-7-4-8-16(12-15)21-13-19(23)24/h2-4,6-9,12,18,21H,5,10-11,13H2,1H3,(H,23,24).